The molecule has 2 amide bonds. The molecular weight excluding hydrogens is 463 g/mol. The number of hydrogen-bond donors (Lipinski definition) is 2. The minimum Gasteiger partial charge on any atom is -0.489 e. The van der Waals surface area contributed by atoms with Gasteiger partial charge in [0.05, 0.1) is 11.4 Å². The topological polar surface area (TPSA) is 96.7 Å². The highest BCUT2D eigenvalue weighted by molar-refractivity contribution is 6.00. The number of rotatable bonds is 3. The average molecular weight is 489 g/mol. The zero-order valence-corrected chi connectivity index (χ0v) is 19.7. The third-order valence-electron chi connectivity index (χ3n) is 6.42. The molecule has 1 aromatic heterocycles. The molecule has 1 atom stereocenters. The predicted molar refractivity (Wildman–Crippen MR) is 130 cm³/mol. The lowest BCUT2D eigenvalue weighted by Gasteiger charge is -2.30. The summed E-state index contributed by atoms with van der Waals surface area (Å²) in [5.41, 5.74) is 1.76. The molecule has 1 aliphatic carbocycles. The number of nitrogens with zero attached hydrogens (tertiary/aromatic N) is 3. The monoisotopic (exact) mass is 488 g/mol. The van der Waals surface area contributed by atoms with Gasteiger partial charge in [0.2, 0.25) is 0 Å². The summed E-state index contributed by atoms with van der Waals surface area (Å²) in [6, 6.07) is 11.5. The van der Waals surface area contributed by atoms with Crippen LogP contribution in [0.2, 0.25) is 0 Å². The summed E-state index contributed by atoms with van der Waals surface area (Å²) in [6.07, 6.45) is 4.24. The number of likely N-dealkylation sites (N-methyl/N-ethyl adjacent to an activating group) is 1. The summed E-state index contributed by atoms with van der Waals surface area (Å²) in [6.45, 7) is -0.0452. The third kappa shape index (κ3) is 4.95. The van der Waals surface area contributed by atoms with Crippen molar-refractivity contribution in [1.82, 2.24) is 15.1 Å². The Bertz CT molecular complexity index is 1370. The number of amides is 2. The lowest BCUT2D eigenvalue weighted by molar-refractivity contribution is -0.120. The molecule has 1 aliphatic heterocycles. The van der Waals surface area contributed by atoms with Gasteiger partial charge in [0.25, 0.3) is 5.91 Å². The van der Waals surface area contributed by atoms with Crippen molar-refractivity contribution in [2.24, 2.45) is 0 Å². The van der Waals surface area contributed by atoms with Gasteiger partial charge < -0.3 is 20.1 Å². The molecule has 5 rings (SSSR count). The Morgan fingerprint density at radius 3 is 2.75 bits per heavy atom. The molecule has 1 fully saturated rings. The highest BCUT2D eigenvalue weighted by Gasteiger charge is 2.33. The van der Waals surface area contributed by atoms with Crippen molar-refractivity contribution in [3.05, 3.63) is 77.4 Å². The Kier molecular flexibility index (Phi) is 6.20. The maximum absolute atomic E-state index is 13.1. The number of carbonyl (C=O) groups is 2. The van der Waals surface area contributed by atoms with Crippen LogP contribution in [-0.4, -0.2) is 52.1 Å². The van der Waals surface area contributed by atoms with Gasteiger partial charge in [0, 0.05) is 25.2 Å². The molecule has 36 heavy (non-hydrogen) atoms. The molecule has 0 radical (unpaired) electrons. The number of anilines is 1. The van der Waals surface area contributed by atoms with E-state index in [-0.39, 0.29) is 18.3 Å². The lowest BCUT2D eigenvalue weighted by Crippen LogP contribution is -2.50. The van der Waals surface area contributed by atoms with Gasteiger partial charge in [-0.2, -0.15) is 9.78 Å². The summed E-state index contributed by atoms with van der Waals surface area (Å²) in [5, 5.41) is 17.2. The Morgan fingerprint density at radius 2 is 2.03 bits per heavy atom. The van der Waals surface area contributed by atoms with E-state index in [4.69, 9.17) is 4.74 Å². The molecule has 2 heterocycles. The number of carbonyl (C=O) groups excluding carboxylic acids is 2. The minimum atomic E-state index is -0.926. The first kappa shape index (κ1) is 23.6. The van der Waals surface area contributed by atoms with E-state index in [0.717, 1.165) is 16.7 Å². The molecule has 1 unspecified atom stereocenters. The first-order chi connectivity index (χ1) is 17.3. The SMILES string of the molecule is CN1C(=O)C(NC(=O)n2ccc(Cc3ccc(F)cc3)n2)COc2ccc(C#CC3(O)CCC3)cc21. The van der Waals surface area contributed by atoms with E-state index in [2.05, 4.69) is 22.3 Å². The summed E-state index contributed by atoms with van der Waals surface area (Å²) < 4.78 is 20.1. The molecule has 2 aromatic carbocycles. The van der Waals surface area contributed by atoms with Crippen molar-refractivity contribution in [2.75, 3.05) is 18.6 Å². The van der Waals surface area contributed by atoms with Gasteiger partial charge in [-0.1, -0.05) is 24.0 Å². The number of aromatic nitrogens is 2. The van der Waals surface area contributed by atoms with Crippen molar-refractivity contribution < 1.29 is 23.8 Å². The molecule has 9 heteroatoms. The Balaban J connectivity index is 1.26. The van der Waals surface area contributed by atoms with Gasteiger partial charge in [-0.05, 0) is 61.2 Å². The number of halogens is 1. The predicted octanol–water partition coefficient (Wildman–Crippen LogP) is 2.86. The van der Waals surface area contributed by atoms with Gasteiger partial charge in [-0.15, -0.1) is 0 Å². The van der Waals surface area contributed by atoms with Crippen LogP contribution in [0.25, 0.3) is 0 Å². The van der Waals surface area contributed by atoms with E-state index >= 15 is 0 Å². The number of benzene rings is 2. The Morgan fingerprint density at radius 1 is 1.25 bits per heavy atom. The highest BCUT2D eigenvalue weighted by Crippen LogP contribution is 2.33. The van der Waals surface area contributed by atoms with Gasteiger partial charge in [0.15, 0.2) is 0 Å². The van der Waals surface area contributed by atoms with Crippen LogP contribution in [0.3, 0.4) is 0 Å². The van der Waals surface area contributed by atoms with E-state index in [1.807, 2.05) is 0 Å². The molecule has 2 N–H and O–H groups in total. The maximum Gasteiger partial charge on any atom is 0.342 e. The van der Waals surface area contributed by atoms with E-state index in [1.165, 1.54) is 23.2 Å². The van der Waals surface area contributed by atoms with Gasteiger partial charge in [-0.25, -0.2) is 9.18 Å². The van der Waals surface area contributed by atoms with Gasteiger partial charge in [0.1, 0.15) is 29.8 Å². The largest absolute Gasteiger partial charge is 0.489 e. The molecule has 184 valence electrons. The lowest BCUT2D eigenvalue weighted by atomic mass is 9.81. The number of fused-ring (bicyclic) bond motifs is 1. The van der Waals surface area contributed by atoms with Crippen LogP contribution in [0.5, 0.6) is 5.75 Å². The van der Waals surface area contributed by atoms with Crippen molar-refractivity contribution in [3.8, 4) is 17.6 Å². The second-order valence-electron chi connectivity index (χ2n) is 9.08. The molecule has 0 bridgehead atoms. The smallest absolute Gasteiger partial charge is 0.342 e. The zero-order chi connectivity index (χ0) is 25.3. The second kappa shape index (κ2) is 9.47. The van der Waals surface area contributed by atoms with Crippen LogP contribution in [0.15, 0.2) is 54.7 Å². The molecule has 1 saturated carbocycles. The molecule has 3 aromatic rings. The summed E-state index contributed by atoms with van der Waals surface area (Å²) in [4.78, 5) is 27.4. The fourth-order valence-electron chi connectivity index (χ4n) is 4.10. The Labute approximate surface area is 207 Å². The van der Waals surface area contributed by atoms with Crippen molar-refractivity contribution >= 4 is 17.6 Å². The first-order valence-corrected chi connectivity index (χ1v) is 11.7. The van der Waals surface area contributed by atoms with Crippen LogP contribution < -0.4 is 15.0 Å². The normalized spacial score (nSPS) is 18.1. The second-order valence-corrected chi connectivity index (χ2v) is 9.08. The number of hydrogen-bond acceptors (Lipinski definition) is 5. The number of ether oxygens (including phenoxy) is 1. The summed E-state index contributed by atoms with van der Waals surface area (Å²) in [5.74, 6) is 5.73. The molecule has 2 aliphatic rings. The fourth-order valence-corrected chi connectivity index (χ4v) is 4.10. The van der Waals surface area contributed by atoms with Crippen molar-refractivity contribution in [2.45, 2.75) is 37.3 Å². The van der Waals surface area contributed by atoms with E-state index in [9.17, 15) is 19.1 Å². The zero-order valence-electron chi connectivity index (χ0n) is 19.7. The molecular formula is C27H25FN4O4. The first-order valence-electron chi connectivity index (χ1n) is 11.7. The maximum atomic E-state index is 13.1. The molecule has 0 spiro atoms. The minimum absolute atomic E-state index is 0.0452. The van der Waals surface area contributed by atoms with Crippen molar-refractivity contribution in [1.29, 1.82) is 0 Å². The van der Waals surface area contributed by atoms with Crippen LogP contribution >= 0.6 is 0 Å². The van der Waals surface area contributed by atoms with Gasteiger partial charge in [-0.3, -0.25) is 4.79 Å². The number of aliphatic hydroxyl groups is 1. The average Bonchev–Trinajstić information content (AvgIpc) is 3.29. The van der Waals surface area contributed by atoms with Crippen LogP contribution in [0.4, 0.5) is 14.9 Å². The third-order valence-corrected chi connectivity index (χ3v) is 6.42. The molecule has 0 saturated heterocycles. The van der Waals surface area contributed by atoms with Crippen LogP contribution in [0, 0.1) is 17.7 Å². The van der Waals surface area contributed by atoms with Gasteiger partial charge >= 0.3 is 6.03 Å². The standard InChI is InChI=1S/C27H25FN4O4/c1-31-23-16-19(9-13-27(35)11-2-12-27)5-8-24(23)36-17-22(25(31)33)29-26(34)32-14-10-21(30-32)15-18-3-6-20(28)7-4-18/h3-8,10,14,16,22,35H,2,11-12,15,17H2,1H3,(H,29,34). The summed E-state index contributed by atoms with van der Waals surface area (Å²) >= 11 is 0. The number of nitrogens with one attached hydrogen (secondary N) is 1. The van der Waals surface area contributed by atoms with Crippen LogP contribution in [-0.2, 0) is 11.2 Å². The van der Waals surface area contributed by atoms with E-state index in [0.29, 0.717) is 42.0 Å². The Hall–Kier alpha value is -4.16. The summed E-state index contributed by atoms with van der Waals surface area (Å²) in [7, 11) is 1.61. The molecule has 8 nitrogen and oxygen atoms in total. The highest BCUT2D eigenvalue weighted by atomic mass is 19.1. The quantitative estimate of drug-likeness (QED) is 0.553. The van der Waals surface area contributed by atoms with E-state index in [1.54, 1.807) is 43.4 Å². The van der Waals surface area contributed by atoms with Crippen LogP contribution in [0.1, 0.15) is 36.1 Å². The van der Waals surface area contributed by atoms with E-state index < -0.39 is 17.7 Å². The van der Waals surface area contributed by atoms with Crippen molar-refractivity contribution in [3.63, 3.8) is 0 Å². The fraction of sp³-hybridized carbons (Fsp3) is 0.296.